The molecule has 1 aromatic heterocycles. The van der Waals surface area contributed by atoms with Gasteiger partial charge in [0.25, 0.3) is 11.8 Å². The van der Waals surface area contributed by atoms with Crippen LogP contribution >= 0.6 is 11.3 Å². The number of primary amides is 1. The third-order valence-electron chi connectivity index (χ3n) is 4.95. The fourth-order valence-electron chi connectivity index (χ4n) is 3.17. The molecule has 156 valence electrons. The number of nitrogens with one attached hydrogen (secondary N) is 1. The molecule has 2 amide bonds. The lowest BCUT2D eigenvalue weighted by molar-refractivity contribution is -0.122. The molecule has 3 aromatic rings. The number of benzene rings is 2. The maximum Gasteiger partial charge on any atom is 0.265 e. The van der Waals surface area contributed by atoms with E-state index in [0.29, 0.717) is 22.7 Å². The zero-order valence-corrected chi connectivity index (χ0v) is 18.2. The quantitative estimate of drug-likeness (QED) is 0.551. The van der Waals surface area contributed by atoms with Crippen LogP contribution in [0.5, 0.6) is 5.75 Å². The third kappa shape index (κ3) is 5.07. The highest BCUT2D eigenvalue weighted by Gasteiger charge is 2.23. The second-order valence-electron chi connectivity index (χ2n) is 7.13. The molecule has 1 atom stereocenters. The molecule has 0 aliphatic carbocycles. The van der Waals surface area contributed by atoms with Gasteiger partial charge in [-0.2, -0.15) is 0 Å². The van der Waals surface area contributed by atoms with Crippen molar-refractivity contribution in [1.82, 2.24) is 0 Å². The molecule has 0 radical (unpaired) electrons. The van der Waals surface area contributed by atoms with Gasteiger partial charge >= 0.3 is 0 Å². The average Bonchev–Trinajstić information content (AvgIpc) is 3.04. The molecular weight excluding hydrogens is 396 g/mol. The van der Waals surface area contributed by atoms with Gasteiger partial charge in [0, 0.05) is 11.3 Å². The molecule has 30 heavy (non-hydrogen) atoms. The molecule has 5 nitrogen and oxygen atoms in total. The molecule has 2 aromatic carbocycles. The van der Waals surface area contributed by atoms with Crippen LogP contribution < -0.4 is 15.8 Å². The van der Waals surface area contributed by atoms with Crippen LogP contribution in [0.4, 0.5) is 5.00 Å². The van der Waals surface area contributed by atoms with Gasteiger partial charge in [0.15, 0.2) is 6.10 Å². The number of hydrogen-bond acceptors (Lipinski definition) is 4. The highest BCUT2D eigenvalue weighted by Crippen LogP contribution is 2.34. The van der Waals surface area contributed by atoms with Crippen molar-refractivity contribution in [2.45, 2.75) is 39.7 Å². The normalized spacial score (nSPS) is 11.7. The van der Waals surface area contributed by atoms with E-state index in [1.807, 2.05) is 61.5 Å². The molecular formula is C24H26N2O3S. The number of carbonyl (C=O) groups is 2. The van der Waals surface area contributed by atoms with Gasteiger partial charge in [0.05, 0.1) is 5.56 Å². The number of hydrogen-bond donors (Lipinski definition) is 2. The highest BCUT2D eigenvalue weighted by atomic mass is 32.1. The van der Waals surface area contributed by atoms with Crippen LogP contribution in [0, 0.1) is 6.92 Å². The number of nitrogens with two attached hydrogens (primary N) is 1. The number of amides is 2. The fourth-order valence-corrected chi connectivity index (χ4v) is 4.42. The van der Waals surface area contributed by atoms with Crippen LogP contribution in [0.15, 0.2) is 54.6 Å². The maximum atomic E-state index is 12.7. The SMILES string of the molecule is CCc1ccc(O[C@H](C)C(=O)Nc2sc(Cc3ccccc3)c(C)c2C(N)=O)cc1. The molecule has 3 rings (SSSR count). The predicted octanol–water partition coefficient (Wildman–Crippen LogP) is 4.71. The zero-order chi connectivity index (χ0) is 21.7. The molecule has 6 heteroatoms. The van der Waals surface area contributed by atoms with E-state index in [-0.39, 0.29) is 5.91 Å². The summed E-state index contributed by atoms with van der Waals surface area (Å²) < 4.78 is 5.76. The van der Waals surface area contributed by atoms with Gasteiger partial charge in [-0.1, -0.05) is 49.4 Å². The minimum Gasteiger partial charge on any atom is -0.481 e. The predicted molar refractivity (Wildman–Crippen MR) is 121 cm³/mol. The lowest BCUT2D eigenvalue weighted by Crippen LogP contribution is -2.30. The topological polar surface area (TPSA) is 81.4 Å². The smallest absolute Gasteiger partial charge is 0.265 e. The number of aryl methyl sites for hydroxylation is 1. The Balaban J connectivity index is 1.76. The van der Waals surface area contributed by atoms with E-state index in [2.05, 4.69) is 12.2 Å². The minimum absolute atomic E-state index is 0.329. The largest absolute Gasteiger partial charge is 0.481 e. The second-order valence-corrected chi connectivity index (χ2v) is 8.23. The Morgan fingerprint density at radius 1 is 1.07 bits per heavy atom. The van der Waals surface area contributed by atoms with Crippen LogP contribution in [0.3, 0.4) is 0 Å². The first kappa shape index (κ1) is 21.6. The summed E-state index contributed by atoms with van der Waals surface area (Å²) in [5, 5.41) is 3.30. The van der Waals surface area contributed by atoms with Gasteiger partial charge < -0.3 is 15.8 Å². The van der Waals surface area contributed by atoms with Crippen molar-refractivity contribution in [3.05, 3.63) is 81.7 Å². The Kier molecular flexibility index (Phi) is 6.90. The number of anilines is 1. The van der Waals surface area contributed by atoms with Crippen molar-refractivity contribution >= 4 is 28.2 Å². The first-order valence-electron chi connectivity index (χ1n) is 9.91. The lowest BCUT2D eigenvalue weighted by Gasteiger charge is -2.15. The Labute approximate surface area is 180 Å². The van der Waals surface area contributed by atoms with Crippen LogP contribution in [0.2, 0.25) is 0 Å². The Morgan fingerprint density at radius 2 is 1.73 bits per heavy atom. The van der Waals surface area contributed by atoms with Crippen molar-refractivity contribution in [2.75, 3.05) is 5.32 Å². The zero-order valence-electron chi connectivity index (χ0n) is 17.4. The molecule has 0 bridgehead atoms. The van der Waals surface area contributed by atoms with Gasteiger partial charge in [-0.3, -0.25) is 9.59 Å². The number of thiophene rings is 1. The van der Waals surface area contributed by atoms with E-state index in [9.17, 15) is 9.59 Å². The Bertz CT molecular complexity index is 1030. The van der Waals surface area contributed by atoms with E-state index >= 15 is 0 Å². The Hall–Kier alpha value is -3.12. The molecule has 0 aliphatic heterocycles. The van der Waals surface area contributed by atoms with Crippen molar-refractivity contribution in [3.8, 4) is 5.75 Å². The monoisotopic (exact) mass is 422 g/mol. The first-order valence-corrected chi connectivity index (χ1v) is 10.7. The van der Waals surface area contributed by atoms with Crippen LogP contribution in [0.1, 0.15) is 45.8 Å². The molecule has 0 unspecified atom stereocenters. The van der Waals surface area contributed by atoms with Crippen molar-refractivity contribution in [1.29, 1.82) is 0 Å². The van der Waals surface area contributed by atoms with Crippen LogP contribution in [-0.2, 0) is 17.6 Å². The highest BCUT2D eigenvalue weighted by molar-refractivity contribution is 7.17. The lowest BCUT2D eigenvalue weighted by atomic mass is 10.1. The first-order chi connectivity index (χ1) is 14.4. The number of carbonyl (C=O) groups excluding carboxylic acids is 2. The van der Waals surface area contributed by atoms with Gasteiger partial charge in [-0.05, 0) is 49.1 Å². The van der Waals surface area contributed by atoms with Gasteiger partial charge in [-0.15, -0.1) is 11.3 Å². The number of rotatable bonds is 8. The number of ether oxygens (including phenoxy) is 1. The van der Waals surface area contributed by atoms with Crippen molar-refractivity contribution in [3.63, 3.8) is 0 Å². The molecule has 0 fully saturated rings. The van der Waals surface area contributed by atoms with Gasteiger partial charge in [-0.25, -0.2) is 0 Å². The van der Waals surface area contributed by atoms with E-state index in [4.69, 9.17) is 10.5 Å². The molecule has 3 N–H and O–H groups in total. The summed E-state index contributed by atoms with van der Waals surface area (Å²) in [7, 11) is 0. The maximum absolute atomic E-state index is 12.7. The molecule has 0 saturated carbocycles. The molecule has 0 spiro atoms. The summed E-state index contributed by atoms with van der Waals surface area (Å²) in [4.78, 5) is 25.8. The summed E-state index contributed by atoms with van der Waals surface area (Å²) in [6.07, 6.45) is 0.886. The van der Waals surface area contributed by atoms with Gasteiger partial charge in [0.1, 0.15) is 10.8 Å². The van der Waals surface area contributed by atoms with E-state index < -0.39 is 12.0 Å². The van der Waals surface area contributed by atoms with Crippen LogP contribution in [-0.4, -0.2) is 17.9 Å². The van der Waals surface area contributed by atoms with Crippen molar-refractivity contribution in [2.24, 2.45) is 5.73 Å². The van der Waals surface area contributed by atoms with E-state index in [0.717, 1.165) is 22.4 Å². The fraction of sp³-hybridized carbons (Fsp3) is 0.250. The Morgan fingerprint density at radius 3 is 2.33 bits per heavy atom. The average molecular weight is 423 g/mol. The van der Waals surface area contributed by atoms with E-state index in [1.54, 1.807) is 6.92 Å². The standard InChI is InChI=1S/C24H26N2O3S/c1-4-17-10-12-19(13-11-17)29-16(3)23(28)26-24-21(22(25)27)15(2)20(30-24)14-18-8-6-5-7-9-18/h5-13,16H,4,14H2,1-3H3,(H2,25,27)(H,26,28)/t16-/m1/s1. The molecule has 0 aliphatic rings. The van der Waals surface area contributed by atoms with Crippen molar-refractivity contribution < 1.29 is 14.3 Å². The third-order valence-corrected chi connectivity index (χ3v) is 6.16. The summed E-state index contributed by atoms with van der Waals surface area (Å²) in [6, 6.07) is 17.6. The van der Waals surface area contributed by atoms with Gasteiger partial charge in [0.2, 0.25) is 0 Å². The summed E-state index contributed by atoms with van der Waals surface area (Å²) in [5.41, 5.74) is 9.10. The second kappa shape index (κ2) is 9.59. The minimum atomic E-state index is -0.724. The summed E-state index contributed by atoms with van der Waals surface area (Å²) >= 11 is 1.38. The molecule has 1 heterocycles. The molecule has 0 saturated heterocycles. The van der Waals surface area contributed by atoms with E-state index in [1.165, 1.54) is 16.9 Å². The van der Waals surface area contributed by atoms with Crippen LogP contribution in [0.25, 0.3) is 0 Å². The summed E-state index contributed by atoms with van der Waals surface area (Å²) in [6.45, 7) is 5.62. The summed E-state index contributed by atoms with van der Waals surface area (Å²) in [5.74, 6) is -0.260.